The van der Waals surface area contributed by atoms with E-state index in [2.05, 4.69) is 10.2 Å². The highest BCUT2D eigenvalue weighted by Gasteiger charge is 2.30. The molecular formula is C29H29N3O8S. The summed E-state index contributed by atoms with van der Waals surface area (Å²) >= 11 is 1.32. The molecule has 0 bridgehead atoms. The summed E-state index contributed by atoms with van der Waals surface area (Å²) in [7, 11) is 4.59. The van der Waals surface area contributed by atoms with Crippen LogP contribution in [0.1, 0.15) is 45.1 Å². The first-order chi connectivity index (χ1) is 19.8. The standard InChI is InChI=1S/C29H29N3O8S/c1-37-24-12-16-8-10-22(31-29(34)19-7-5-6-17(21(19)14-30)15-40-32(35)36)20-13-23(33)25(41-4)11-9-18(20)26(16)28(39-3)27(24)38-2/h5-7,9,11-13,22,35-36H,8,10,15H2,1-4H3,(H,31,34)/t22-/m0/s1. The van der Waals surface area contributed by atoms with Crippen LogP contribution in [0.3, 0.4) is 0 Å². The summed E-state index contributed by atoms with van der Waals surface area (Å²) in [6.07, 6.45) is 2.74. The summed E-state index contributed by atoms with van der Waals surface area (Å²) in [5.74, 6) is 0.800. The number of nitrogens with one attached hydrogen (secondary N) is 1. The average molecular weight is 580 g/mol. The normalized spacial score (nSPS) is 13.9. The molecule has 41 heavy (non-hydrogen) atoms. The molecule has 0 aromatic heterocycles. The van der Waals surface area contributed by atoms with Crippen molar-refractivity contribution in [2.45, 2.75) is 30.4 Å². The van der Waals surface area contributed by atoms with Gasteiger partial charge in [-0.15, -0.1) is 11.8 Å². The smallest absolute Gasteiger partial charge is 0.253 e. The Morgan fingerprint density at radius 1 is 1.12 bits per heavy atom. The van der Waals surface area contributed by atoms with Gasteiger partial charge in [-0.25, -0.2) is 4.84 Å². The van der Waals surface area contributed by atoms with Crippen molar-refractivity contribution >= 4 is 17.7 Å². The van der Waals surface area contributed by atoms with Gasteiger partial charge < -0.3 is 19.5 Å². The van der Waals surface area contributed by atoms with Crippen molar-refractivity contribution in [3.8, 4) is 34.4 Å². The Morgan fingerprint density at radius 3 is 2.51 bits per heavy atom. The molecule has 3 aromatic rings. The van der Waals surface area contributed by atoms with Gasteiger partial charge >= 0.3 is 0 Å². The van der Waals surface area contributed by atoms with Gasteiger partial charge in [-0.05, 0) is 65.6 Å². The van der Waals surface area contributed by atoms with E-state index in [1.54, 1.807) is 12.1 Å². The fourth-order valence-electron chi connectivity index (χ4n) is 5.02. The van der Waals surface area contributed by atoms with Crippen LogP contribution in [0.4, 0.5) is 0 Å². The maximum absolute atomic E-state index is 13.6. The Labute approximate surface area is 240 Å². The summed E-state index contributed by atoms with van der Waals surface area (Å²) in [5, 5.41) is 30.2. The molecule has 3 N–H and O–H groups in total. The lowest BCUT2D eigenvalue weighted by atomic mass is 9.95. The second kappa shape index (κ2) is 13.0. The van der Waals surface area contributed by atoms with Crippen molar-refractivity contribution in [1.29, 1.82) is 5.26 Å². The van der Waals surface area contributed by atoms with Gasteiger partial charge in [-0.3, -0.25) is 20.0 Å². The van der Waals surface area contributed by atoms with Crippen LogP contribution in [0.2, 0.25) is 0 Å². The molecule has 0 heterocycles. The molecule has 0 unspecified atom stereocenters. The molecule has 0 aliphatic heterocycles. The molecule has 214 valence electrons. The minimum absolute atomic E-state index is 0.0212. The second-order valence-electron chi connectivity index (χ2n) is 9.00. The van der Waals surface area contributed by atoms with Crippen LogP contribution in [-0.2, 0) is 17.9 Å². The Bertz CT molecular complexity index is 1570. The van der Waals surface area contributed by atoms with E-state index in [1.165, 1.54) is 51.3 Å². The minimum atomic E-state index is -0.613. The number of amides is 1. The molecule has 1 aliphatic rings. The van der Waals surface area contributed by atoms with Gasteiger partial charge in [-0.2, -0.15) is 5.26 Å². The highest BCUT2D eigenvalue weighted by atomic mass is 32.2. The predicted molar refractivity (Wildman–Crippen MR) is 149 cm³/mol. The first-order valence-corrected chi connectivity index (χ1v) is 13.7. The Balaban J connectivity index is 1.87. The third-order valence-electron chi connectivity index (χ3n) is 6.87. The first-order valence-electron chi connectivity index (χ1n) is 12.5. The molecule has 0 radical (unpaired) electrons. The fraction of sp³-hybridized carbons (Fsp3) is 0.276. The summed E-state index contributed by atoms with van der Waals surface area (Å²) in [4.78, 5) is 32.0. The van der Waals surface area contributed by atoms with Gasteiger partial charge in [0.2, 0.25) is 5.75 Å². The van der Waals surface area contributed by atoms with Crippen molar-refractivity contribution in [3.05, 3.63) is 80.5 Å². The topological polar surface area (TPSA) is 151 Å². The van der Waals surface area contributed by atoms with E-state index in [0.29, 0.717) is 46.1 Å². The van der Waals surface area contributed by atoms with Crippen molar-refractivity contribution in [1.82, 2.24) is 10.7 Å². The first kappa shape index (κ1) is 29.9. The third-order valence-corrected chi connectivity index (χ3v) is 7.65. The fourth-order valence-corrected chi connectivity index (χ4v) is 5.49. The maximum Gasteiger partial charge on any atom is 0.253 e. The van der Waals surface area contributed by atoms with Crippen LogP contribution in [0.5, 0.6) is 17.2 Å². The highest BCUT2D eigenvalue weighted by molar-refractivity contribution is 7.98. The third kappa shape index (κ3) is 6.00. The van der Waals surface area contributed by atoms with Gasteiger partial charge in [0.15, 0.2) is 16.9 Å². The van der Waals surface area contributed by atoms with Crippen molar-refractivity contribution < 1.29 is 34.3 Å². The summed E-state index contributed by atoms with van der Waals surface area (Å²) in [6, 6.07) is 13.0. The average Bonchev–Trinajstić information content (AvgIpc) is 3.22. The molecule has 12 heteroatoms. The van der Waals surface area contributed by atoms with Gasteiger partial charge in [0.05, 0.1) is 55.4 Å². The lowest BCUT2D eigenvalue weighted by Gasteiger charge is -2.20. The monoisotopic (exact) mass is 579 g/mol. The Hall–Kier alpha value is -4.12. The molecular weight excluding hydrogens is 550 g/mol. The number of carbonyl (C=O) groups excluding carboxylic acids is 1. The van der Waals surface area contributed by atoms with Gasteiger partial charge in [0.1, 0.15) is 6.07 Å². The van der Waals surface area contributed by atoms with E-state index >= 15 is 0 Å². The number of aryl methyl sites for hydroxylation is 1. The van der Waals surface area contributed by atoms with Gasteiger partial charge in [0, 0.05) is 5.56 Å². The number of fused-ring (bicyclic) bond motifs is 3. The predicted octanol–water partition coefficient (Wildman–Crippen LogP) is 4.26. The zero-order valence-corrected chi connectivity index (χ0v) is 23.7. The van der Waals surface area contributed by atoms with E-state index in [-0.39, 0.29) is 28.7 Å². The van der Waals surface area contributed by atoms with E-state index in [0.717, 1.165) is 11.1 Å². The number of carbonyl (C=O) groups is 1. The quantitative estimate of drug-likeness (QED) is 0.246. The molecule has 0 saturated heterocycles. The van der Waals surface area contributed by atoms with Crippen LogP contribution in [-0.4, -0.2) is 49.3 Å². The van der Waals surface area contributed by atoms with Crippen LogP contribution in [0, 0.1) is 11.3 Å². The van der Waals surface area contributed by atoms with Crippen molar-refractivity contribution in [2.24, 2.45) is 0 Å². The SMILES string of the molecule is COc1cc2c(c(OC)c1OC)-c1ccc(SC)c(=O)cc1[C@@H](NC(=O)c1cccc(CON(O)O)c1C#N)CC2. The van der Waals surface area contributed by atoms with Crippen LogP contribution < -0.4 is 25.0 Å². The van der Waals surface area contributed by atoms with E-state index < -0.39 is 17.3 Å². The summed E-state index contributed by atoms with van der Waals surface area (Å²) in [5.41, 5.74) is 3.07. The zero-order chi connectivity index (χ0) is 29.7. The molecule has 0 spiro atoms. The molecule has 4 rings (SSSR count). The number of hydrogen-bond acceptors (Lipinski definition) is 11. The van der Waals surface area contributed by atoms with Gasteiger partial charge in [0.25, 0.3) is 5.91 Å². The molecule has 0 fully saturated rings. The van der Waals surface area contributed by atoms with E-state index in [4.69, 9.17) is 24.6 Å². The molecule has 11 nitrogen and oxygen atoms in total. The number of hydrogen-bond donors (Lipinski definition) is 3. The zero-order valence-electron chi connectivity index (χ0n) is 22.9. The number of thioether (sulfide) groups is 1. The number of methoxy groups -OCH3 is 3. The van der Waals surface area contributed by atoms with Crippen LogP contribution in [0.25, 0.3) is 11.1 Å². The van der Waals surface area contributed by atoms with Crippen molar-refractivity contribution in [3.63, 3.8) is 0 Å². The maximum atomic E-state index is 13.6. The number of nitrogens with zero attached hydrogens (tertiary/aromatic N) is 2. The highest BCUT2D eigenvalue weighted by Crippen LogP contribution is 2.50. The minimum Gasteiger partial charge on any atom is -0.493 e. The summed E-state index contributed by atoms with van der Waals surface area (Å²) < 4.78 is 17.0. The Morgan fingerprint density at radius 2 is 1.88 bits per heavy atom. The molecule has 3 aromatic carbocycles. The summed E-state index contributed by atoms with van der Waals surface area (Å²) in [6.45, 7) is -0.352. The molecule has 1 aliphatic carbocycles. The van der Waals surface area contributed by atoms with Crippen LogP contribution in [0.15, 0.2) is 52.2 Å². The largest absolute Gasteiger partial charge is 0.493 e. The number of ether oxygens (including phenoxy) is 3. The molecule has 1 amide bonds. The van der Waals surface area contributed by atoms with Crippen LogP contribution >= 0.6 is 11.8 Å². The van der Waals surface area contributed by atoms with Crippen molar-refractivity contribution in [2.75, 3.05) is 27.6 Å². The lowest BCUT2D eigenvalue weighted by Crippen LogP contribution is -2.30. The lowest BCUT2D eigenvalue weighted by molar-refractivity contribution is -0.497. The van der Waals surface area contributed by atoms with E-state index in [9.17, 15) is 14.9 Å². The number of benzene rings is 2. The van der Waals surface area contributed by atoms with Gasteiger partial charge in [-0.1, -0.05) is 18.2 Å². The molecule has 1 atom stereocenters. The number of rotatable bonds is 9. The van der Waals surface area contributed by atoms with E-state index in [1.807, 2.05) is 24.5 Å². The Kier molecular flexibility index (Phi) is 9.49. The number of nitriles is 1. The second-order valence-corrected chi connectivity index (χ2v) is 9.85. The molecule has 0 saturated carbocycles.